The van der Waals surface area contributed by atoms with E-state index in [4.69, 9.17) is 61.9 Å². The number of carbonyl (C=O) groups is 1. The normalized spacial score (nSPS) is 11.5. The lowest BCUT2D eigenvalue weighted by Crippen LogP contribution is -2.15. The Morgan fingerprint density at radius 3 is 0.860 bits per heavy atom. The maximum Gasteiger partial charge on any atom is 0.305 e. The van der Waals surface area contributed by atoms with Crippen LogP contribution in [0.3, 0.4) is 0 Å². The molecule has 0 fully saturated rings. The van der Waals surface area contributed by atoms with Crippen LogP contribution in [0.25, 0.3) is 0 Å². The molecular formula is C36H72O14. The largest absolute Gasteiger partial charge is 0.463 e. The molecule has 300 valence electrons. The Bertz CT molecular complexity index is 632. The SMILES string of the molecule is CCCCCCCCCCCC(=O)OCCOCCOCCOCCOCCOCCOCCOCCOCCOCCOCCOCCO. The number of aliphatic hydroxyl groups excluding tert-OH is 1. The Labute approximate surface area is 302 Å². The molecule has 1 N–H and O–H groups in total. The van der Waals surface area contributed by atoms with Crippen LogP contribution in [0.5, 0.6) is 0 Å². The van der Waals surface area contributed by atoms with E-state index in [-0.39, 0.29) is 19.2 Å². The van der Waals surface area contributed by atoms with Crippen LogP contribution in [0.15, 0.2) is 0 Å². The molecular weight excluding hydrogens is 656 g/mol. The summed E-state index contributed by atoms with van der Waals surface area (Å²) in [6.45, 7) is 13.1. The summed E-state index contributed by atoms with van der Waals surface area (Å²) >= 11 is 0. The predicted octanol–water partition coefficient (Wildman–Crippen LogP) is 3.63. The fourth-order valence-electron chi connectivity index (χ4n) is 4.23. The van der Waals surface area contributed by atoms with Crippen molar-refractivity contribution in [1.82, 2.24) is 0 Å². The van der Waals surface area contributed by atoms with Gasteiger partial charge in [-0.15, -0.1) is 0 Å². The molecule has 0 rings (SSSR count). The zero-order valence-corrected chi connectivity index (χ0v) is 31.3. The molecule has 0 aromatic carbocycles. The third-order valence-electron chi connectivity index (χ3n) is 6.93. The van der Waals surface area contributed by atoms with Crippen LogP contribution in [0.1, 0.15) is 71.1 Å². The first-order valence-electron chi connectivity index (χ1n) is 18.9. The number of ether oxygens (including phenoxy) is 12. The summed E-state index contributed by atoms with van der Waals surface area (Å²) < 4.78 is 64.8. The molecule has 0 aliphatic rings. The molecule has 0 bridgehead atoms. The van der Waals surface area contributed by atoms with Gasteiger partial charge in [0.1, 0.15) is 6.61 Å². The summed E-state index contributed by atoms with van der Waals surface area (Å²) in [5, 5.41) is 8.58. The Balaban J connectivity index is 3.10. The fraction of sp³-hybridized carbons (Fsp3) is 0.972. The summed E-state index contributed by atoms with van der Waals surface area (Å²) in [5.74, 6) is -0.139. The highest BCUT2D eigenvalue weighted by Gasteiger charge is 2.03. The van der Waals surface area contributed by atoms with Crippen LogP contribution in [0, 0.1) is 0 Å². The Morgan fingerprint density at radius 1 is 0.340 bits per heavy atom. The van der Waals surface area contributed by atoms with E-state index in [0.717, 1.165) is 12.8 Å². The number of aliphatic hydroxyl groups is 1. The molecule has 0 saturated heterocycles. The number of hydrogen-bond acceptors (Lipinski definition) is 14. The maximum atomic E-state index is 11.8. The van der Waals surface area contributed by atoms with E-state index < -0.39 is 0 Å². The van der Waals surface area contributed by atoms with E-state index in [1.54, 1.807) is 0 Å². The molecule has 0 aromatic rings. The number of rotatable bonds is 45. The van der Waals surface area contributed by atoms with Gasteiger partial charge in [0.25, 0.3) is 0 Å². The maximum absolute atomic E-state index is 11.8. The lowest BCUT2D eigenvalue weighted by molar-refractivity contribution is -0.145. The lowest BCUT2D eigenvalue weighted by atomic mass is 10.1. The van der Waals surface area contributed by atoms with E-state index in [0.29, 0.717) is 152 Å². The smallest absolute Gasteiger partial charge is 0.305 e. The van der Waals surface area contributed by atoms with Gasteiger partial charge in [0, 0.05) is 6.42 Å². The Kier molecular flexibility index (Phi) is 45.1. The second kappa shape index (κ2) is 46.0. The highest BCUT2D eigenvalue weighted by molar-refractivity contribution is 5.69. The molecule has 0 unspecified atom stereocenters. The summed E-state index contributed by atoms with van der Waals surface area (Å²) in [7, 11) is 0. The molecule has 0 saturated carbocycles. The monoisotopic (exact) mass is 728 g/mol. The van der Waals surface area contributed by atoms with Crippen molar-refractivity contribution in [2.24, 2.45) is 0 Å². The van der Waals surface area contributed by atoms with Crippen LogP contribution in [-0.4, -0.2) is 170 Å². The third-order valence-corrected chi connectivity index (χ3v) is 6.93. The third kappa shape index (κ3) is 45.0. The van der Waals surface area contributed by atoms with Crippen molar-refractivity contribution >= 4 is 5.97 Å². The molecule has 0 aliphatic carbocycles. The molecule has 0 atom stereocenters. The molecule has 14 heteroatoms. The number of esters is 1. The number of unbranched alkanes of at least 4 members (excludes halogenated alkanes) is 8. The van der Waals surface area contributed by atoms with Gasteiger partial charge in [-0.05, 0) is 6.42 Å². The van der Waals surface area contributed by atoms with E-state index in [2.05, 4.69) is 6.92 Å². The first-order valence-corrected chi connectivity index (χ1v) is 18.9. The van der Waals surface area contributed by atoms with Crippen molar-refractivity contribution in [3.8, 4) is 0 Å². The minimum atomic E-state index is -0.139. The zero-order valence-electron chi connectivity index (χ0n) is 31.3. The van der Waals surface area contributed by atoms with Gasteiger partial charge in [-0.2, -0.15) is 0 Å². The van der Waals surface area contributed by atoms with E-state index in [1.807, 2.05) is 0 Å². The quantitative estimate of drug-likeness (QED) is 0.0719. The summed E-state index contributed by atoms with van der Waals surface area (Å²) in [6.07, 6.45) is 11.6. The van der Waals surface area contributed by atoms with Crippen molar-refractivity contribution in [2.45, 2.75) is 71.1 Å². The van der Waals surface area contributed by atoms with Gasteiger partial charge in [0.15, 0.2) is 0 Å². The minimum Gasteiger partial charge on any atom is -0.463 e. The molecule has 0 aliphatic heterocycles. The van der Waals surface area contributed by atoms with Gasteiger partial charge in [-0.1, -0.05) is 58.3 Å². The molecule has 50 heavy (non-hydrogen) atoms. The predicted molar refractivity (Wildman–Crippen MR) is 189 cm³/mol. The van der Waals surface area contributed by atoms with Gasteiger partial charge in [0.2, 0.25) is 0 Å². The topological polar surface area (TPSA) is 148 Å². The molecule has 0 heterocycles. The van der Waals surface area contributed by atoms with Crippen LogP contribution in [-0.2, 0) is 61.6 Å². The summed E-state index contributed by atoms with van der Waals surface area (Å²) in [5.41, 5.74) is 0. The fourth-order valence-corrected chi connectivity index (χ4v) is 4.23. The van der Waals surface area contributed by atoms with Crippen LogP contribution >= 0.6 is 0 Å². The van der Waals surface area contributed by atoms with Gasteiger partial charge < -0.3 is 61.9 Å². The van der Waals surface area contributed by atoms with E-state index in [1.165, 1.54) is 44.9 Å². The van der Waals surface area contributed by atoms with Crippen molar-refractivity contribution in [1.29, 1.82) is 0 Å². The highest BCUT2D eigenvalue weighted by atomic mass is 16.6. The van der Waals surface area contributed by atoms with E-state index in [9.17, 15) is 4.79 Å². The average molecular weight is 729 g/mol. The molecule has 0 spiro atoms. The van der Waals surface area contributed by atoms with Crippen molar-refractivity contribution in [3.05, 3.63) is 0 Å². The summed E-state index contributed by atoms with van der Waals surface area (Å²) in [6, 6.07) is 0. The second-order valence-electron chi connectivity index (χ2n) is 11.3. The zero-order chi connectivity index (χ0) is 36.1. The number of hydrogen-bond donors (Lipinski definition) is 1. The average Bonchev–Trinajstić information content (AvgIpc) is 3.12. The molecule has 0 radical (unpaired) electrons. The molecule has 0 aromatic heterocycles. The van der Waals surface area contributed by atoms with E-state index >= 15 is 0 Å². The summed E-state index contributed by atoms with van der Waals surface area (Å²) in [4.78, 5) is 11.8. The van der Waals surface area contributed by atoms with Crippen LogP contribution in [0.2, 0.25) is 0 Å². The van der Waals surface area contributed by atoms with Crippen LogP contribution in [0.4, 0.5) is 0 Å². The second-order valence-corrected chi connectivity index (χ2v) is 11.3. The van der Waals surface area contributed by atoms with Gasteiger partial charge in [-0.25, -0.2) is 0 Å². The first-order chi connectivity index (χ1) is 24.8. The van der Waals surface area contributed by atoms with Gasteiger partial charge in [-0.3, -0.25) is 4.79 Å². The van der Waals surface area contributed by atoms with Crippen molar-refractivity contribution in [2.75, 3.05) is 159 Å². The lowest BCUT2D eigenvalue weighted by Gasteiger charge is -2.09. The molecule has 14 nitrogen and oxygen atoms in total. The Morgan fingerprint density at radius 2 is 0.580 bits per heavy atom. The number of carbonyl (C=O) groups excluding carboxylic acids is 1. The van der Waals surface area contributed by atoms with Crippen molar-refractivity contribution < 1.29 is 66.7 Å². The Hall–Kier alpha value is -1.01. The van der Waals surface area contributed by atoms with Gasteiger partial charge >= 0.3 is 5.97 Å². The van der Waals surface area contributed by atoms with Crippen LogP contribution < -0.4 is 0 Å². The van der Waals surface area contributed by atoms with Crippen molar-refractivity contribution in [3.63, 3.8) is 0 Å². The minimum absolute atomic E-state index is 0.0231. The highest BCUT2D eigenvalue weighted by Crippen LogP contribution is 2.10. The first kappa shape index (κ1) is 49.0. The van der Waals surface area contributed by atoms with Gasteiger partial charge in [0.05, 0.1) is 152 Å². The standard InChI is InChI=1S/C36H72O14/c1-2-3-4-5-6-7-8-9-10-11-36(38)50-35-34-49-33-32-48-31-30-47-29-28-46-27-26-45-25-24-44-23-22-43-21-20-42-19-18-41-17-16-40-15-14-39-13-12-37/h37H,2-35H2,1H3. The molecule has 0 amide bonds.